The fourth-order valence-electron chi connectivity index (χ4n) is 3.17. The van der Waals surface area contributed by atoms with Crippen LogP contribution in [-0.2, 0) is 26.0 Å². The second kappa shape index (κ2) is 9.75. The first kappa shape index (κ1) is 23.2. The van der Waals surface area contributed by atoms with Crippen molar-refractivity contribution in [3.63, 3.8) is 0 Å². The van der Waals surface area contributed by atoms with Gasteiger partial charge in [0.05, 0.1) is 17.4 Å². The molecular weight excluding hydrogens is 437 g/mol. The number of sulfonamides is 1. The molecule has 2 heterocycles. The summed E-state index contributed by atoms with van der Waals surface area (Å²) in [5, 5.41) is 0. The van der Waals surface area contributed by atoms with E-state index >= 15 is 0 Å². The highest BCUT2D eigenvalue weighted by Crippen LogP contribution is 2.26. The second-order valence-electron chi connectivity index (χ2n) is 6.97. The molecular formula is C20H21F3N2O5S. The largest absolute Gasteiger partial charge is 0.573 e. The number of ether oxygens (including phenoxy) is 2. The molecule has 1 aromatic heterocycles. The molecule has 0 amide bonds. The third-order valence-electron chi connectivity index (χ3n) is 4.68. The smallest absolute Gasteiger partial charge is 0.406 e. The summed E-state index contributed by atoms with van der Waals surface area (Å²) in [6.45, 7) is 0.291. The quantitative estimate of drug-likeness (QED) is 0.605. The number of aromatic nitrogens is 1. The number of pyridine rings is 1. The van der Waals surface area contributed by atoms with Gasteiger partial charge in [0.25, 0.3) is 0 Å². The zero-order valence-corrected chi connectivity index (χ0v) is 17.2. The Morgan fingerprint density at radius 3 is 2.35 bits per heavy atom. The third-order valence-corrected chi connectivity index (χ3v) is 6.59. The fourth-order valence-corrected chi connectivity index (χ4v) is 4.64. The van der Waals surface area contributed by atoms with E-state index in [1.54, 1.807) is 24.4 Å². The Morgan fingerprint density at radius 1 is 1.10 bits per heavy atom. The molecule has 1 saturated heterocycles. The molecule has 0 radical (unpaired) electrons. The van der Waals surface area contributed by atoms with Gasteiger partial charge in [-0.2, -0.15) is 4.31 Å². The van der Waals surface area contributed by atoms with Gasteiger partial charge in [0.1, 0.15) is 12.4 Å². The molecule has 0 bridgehead atoms. The predicted molar refractivity (Wildman–Crippen MR) is 104 cm³/mol. The number of hydrogen-bond acceptors (Lipinski definition) is 6. The van der Waals surface area contributed by atoms with Crippen molar-refractivity contribution in [1.82, 2.24) is 9.29 Å². The van der Waals surface area contributed by atoms with Gasteiger partial charge in [0.15, 0.2) is 5.78 Å². The number of carbonyl (C=O) groups excluding carboxylic acids is 1. The number of carbonyl (C=O) groups is 1. The summed E-state index contributed by atoms with van der Waals surface area (Å²) < 4.78 is 72.8. The van der Waals surface area contributed by atoms with Crippen molar-refractivity contribution < 1.29 is 35.9 Å². The lowest BCUT2D eigenvalue weighted by Gasteiger charge is -2.31. The summed E-state index contributed by atoms with van der Waals surface area (Å²) in [6, 6.07) is 9.39. The van der Waals surface area contributed by atoms with E-state index in [4.69, 9.17) is 4.74 Å². The fraction of sp³-hybridized carbons (Fsp3) is 0.400. The number of Topliss-reactive ketones (excluding diaryl/α,β-unsaturated/α-hetero) is 1. The summed E-state index contributed by atoms with van der Waals surface area (Å²) in [6.07, 6.45) is -2.50. The van der Waals surface area contributed by atoms with Gasteiger partial charge >= 0.3 is 6.36 Å². The van der Waals surface area contributed by atoms with Gasteiger partial charge in [-0.1, -0.05) is 6.07 Å². The molecule has 31 heavy (non-hydrogen) atoms. The lowest BCUT2D eigenvalue weighted by Crippen LogP contribution is -2.41. The Bertz CT molecular complexity index is 974. The van der Waals surface area contributed by atoms with Crippen LogP contribution in [0.5, 0.6) is 5.75 Å². The molecule has 0 aliphatic carbocycles. The standard InChI is InChI=1S/C20H21F3N2O5S/c21-20(22,23)30-18-4-6-19(7-5-18)31(27,28)25-11-8-17(9-12-25)29-14-16(26)13-15-3-1-2-10-24-15/h1-7,10,17H,8-9,11-14H2. The average molecular weight is 458 g/mol. The predicted octanol–water partition coefficient (Wildman–Crippen LogP) is 2.96. The lowest BCUT2D eigenvalue weighted by molar-refractivity contribution is -0.274. The van der Waals surface area contributed by atoms with E-state index in [0.29, 0.717) is 18.5 Å². The van der Waals surface area contributed by atoms with Crippen LogP contribution >= 0.6 is 0 Å². The molecule has 7 nitrogen and oxygen atoms in total. The molecule has 1 aliphatic rings. The number of rotatable bonds is 8. The van der Waals surface area contributed by atoms with E-state index in [2.05, 4.69) is 9.72 Å². The summed E-state index contributed by atoms with van der Waals surface area (Å²) in [5.74, 6) is -0.608. The van der Waals surface area contributed by atoms with Crippen LogP contribution in [0.15, 0.2) is 53.6 Å². The molecule has 1 aromatic carbocycles. The van der Waals surface area contributed by atoms with Crippen LogP contribution in [0, 0.1) is 0 Å². The number of halogens is 3. The molecule has 0 atom stereocenters. The number of ketones is 1. The first-order valence-electron chi connectivity index (χ1n) is 9.53. The van der Waals surface area contributed by atoms with Gasteiger partial charge in [0, 0.05) is 25.0 Å². The van der Waals surface area contributed by atoms with Crippen LogP contribution in [0.1, 0.15) is 18.5 Å². The maximum absolute atomic E-state index is 12.7. The Kier molecular flexibility index (Phi) is 7.29. The molecule has 0 unspecified atom stereocenters. The van der Waals surface area contributed by atoms with Gasteiger partial charge in [-0.25, -0.2) is 8.42 Å². The highest BCUT2D eigenvalue weighted by molar-refractivity contribution is 7.89. The Balaban J connectivity index is 1.48. The first-order chi connectivity index (χ1) is 14.6. The van der Waals surface area contributed by atoms with Gasteiger partial charge in [-0.15, -0.1) is 13.2 Å². The third kappa shape index (κ3) is 6.74. The zero-order chi connectivity index (χ0) is 22.5. The Hall–Kier alpha value is -2.50. The Labute approximate surface area is 177 Å². The number of piperidine rings is 1. The molecule has 0 saturated carbocycles. The maximum Gasteiger partial charge on any atom is 0.573 e. The lowest BCUT2D eigenvalue weighted by atomic mass is 10.1. The van der Waals surface area contributed by atoms with Crippen molar-refractivity contribution in [1.29, 1.82) is 0 Å². The van der Waals surface area contributed by atoms with E-state index < -0.39 is 22.1 Å². The monoisotopic (exact) mass is 458 g/mol. The topological polar surface area (TPSA) is 85.8 Å². The minimum absolute atomic E-state index is 0.0747. The van der Waals surface area contributed by atoms with E-state index in [1.807, 2.05) is 0 Å². The molecule has 1 fully saturated rings. The highest BCUT2D eigenvalue weighted by Gasteiger charge is 2.32. The van der Waals surface area contributed by atoms with Crippen molar-refractivity contribution >= 4 is 15.8 Å². The van der Waals surface area contributed by atoms with Crippen LogP contribution in [0.3, 0.4) is 0 Å². The average Bonchev–Trinajstić information content (AvgIpc) is 2.72. The van der Waals surface area contributed by atoms with Crippen LogP contribution in [0.2, 0.25) is 0 Å². The molecule has 0 spiro atoms. The van der Waals surface area contributed by atoms with Crippen molar-refractivity contribution in [3.8, 4) is 5.75 Å². The van der Waals surface area contributed by atoms with Crippen LogP contribution in [0.4, 0.5) is 13.2 Å². The van der Waals surface area contributed by atoms with E-state index in [9.17, 15) is 26.4 Å². The van der Waals surface area contributed by atoms with Gasteiger partial charge in [0.2, 0.25) is 10.0 Å². The SMILES string of the molecule is O=C(COC1CCN(S(=O)(=O)c2ccc(OC(F)(F)F)cc2)CC1)Cc1ccccn1. The normalized spacial score (nSPS) is 16.2. The molecule has 168 valence electrons. The van der Waals surface area contributed by atoms with Crippen molar-refractivity contribution in [2.24, 2.45) is 0 Å². The molecule has 3 rings (SSSR count). The van der Waals surface area contributed by atoms with Crippen molar-refractivity contribution in [3.05, 3.63) is 54.4 Å². The van der Waals surface area contributed by atoms with E-state index in [0.717, 1.165) is 24.3 Å². The van der Waals surface area contributed by atoms with Gasteiger partial charge < -0.3 is 9.47 Å². The number of hydrogen-bond donors (Lipinski definition) is 0. The molecule has 1 aliphatic heterocycles. The summed E-state index contributed by atoms with van der Waals surface area (Å²) in [4.78, 5) is 16.0. The minimum atomic E-state index is -4.85. The van der Waals surface area contributed by atoms with Gasteiger partial charge in [-0.05, 0) is 49.2 Å². The van der Waals surface area contributed by atoms with E-state index in [-0.39, 0.29) is 42.9 Å². The van der Waals surface area contributed by atoms with E-state index in [1.165, 1.54) is 4.31 Å². The number of benzene rings is 1. The molecule has 11 heteroatoms. The molecule has 0 N–H and O–H groups in total. The second-order valence-corrected chi connectivity index (χ2v) is 8.91. The zero-order valence-electron chi connectivity index (χ0n) is 16.4. The van der Waals surface area contributed by atoms with Crippen LogP contribution in [-0.4, -0.2) is 55.7 Å². The highest BCUT2D eigenvalue weighted by atomic mass is 32.2. The van der Waals surface area contributed by atoms with Crippen LogP contribution in [0.25, 0.3) is 0 Å². The van der Waals surface area contributed by atoms with Crippen LogP contribution < -0.4 is 4.74 Å². The van der Waals surface area contributed by atoms with Crippen molar-refractivity contribution in [2.75, 3.05) is 19.7 Å². The summed E-state index contributed by atoms with van der Waals surface area (Å²) >= 11 is 0. The first-order valence-corrected chi connectivity index (χ1v) is 11.0. The molecule has 2 aromatic rings. The summed E-state index contributed by atoms with van der Waals surface area (Å²) in [7, 11) is -3.85. The summed E-state index contributed by atoms with van der Waals surface area (Å²) in [5.41, 5.74) is 0.656. The van der Waals surface area contributed by atoms with Gasteiger partial charge in [-0.3, -0.25) is 9.78 Å². The number of alkyl halides is 3. The van der Waals surface area contributed by atoms with Crippen molar-refractivity contribution in [2.45, 2.75) is 36.6 Å². The Morgan fingerprint density at radius 2 is 1.77 bits per heavy atom. The minimum Gasteiger partial charge on any atom is -0.406 e. The maximum atomic E-state index is 12.7. The number of nitrogens with zero attached hydrogens (tertiary/aromatic N) is 2.